The zero-order chi connectivity index (χ0) is 27.8. The van der Waals surface area contributed by atoms with Gasteiger partial charge < -0.3 is 18.8 Å². The maximum Gasteiger partial charge on any atom is 0.290 e. The highest BCUT2D eigenvalue weighted by atomic mass is 16.5. The number of para-hydroxylation sites is 1. The Kier molecular flexibility index (Phi) is 6.60. The molecule has 0 saturated heterocycles. The molecule has 1 amide bonds. The van der Waals surface area contributed by atoms with Gasteiger partial charge in [-0.15, -0.1) is 0 Å². The quantitative estimate of drug-likeness (QED) is 0.226. The molecule has 1 aliphatic heterocycles. The molecule has 0 spiro atoms. The summed E-state index contributed by atoms with van der Waals surface area (Å²) in [5.74, 6) is 1.92. The second-order valence-corrected chi connectivity index (χ2v) is 10.1. The van der Waals surface area contributed by atoms with Gasteiger partial charge in [0.15, 0.2) is 5.43 Å². The summed E-state index contributed by atoms with van der Waals surface area (Å²) in [6, 6.07) is 28.0. The molecule has 4 aromatic carbocycles. The van der Waals surface area contributed by atoms with Gasteiger partial charge in [0.2, 0.25) is 5.76 Å². The predicted molar refractivity (Wildman–Crippen MR) is 154 cm³/mol. The summed E-state index contributed by atoms with van der Waals surface area (Å²) in [5, 5.41) is 0.510. The lowest BCUT2D eigenvalue weighted by molar-refractivity contribution is 0.0730. The first-order valence-electron chi connectivity index (χ1n) is 13.3. The van der Waals surface area contributed by atoms with Gasteiger partial charge in [-0.25, -0.2) is 0 Å². The van der Waals surface area contributed by atoms with Crippen LogP contribution in [0.3, 0.4) is 0 Å². The lowest BCUT2D eigenvalue weighted by atomic mass is 9.96. The van der Waals surface area contributed by atoms with Crippen molar-refractivity contribution in [2.45, 2.75) is 26.3 Å². The van der Waals surface area contributed by atoms with Crippen molar-refractivity contribution in [2.75, 3.05) is 13.7 Å². The van der Waals surface area contributed by atoms with E-state index in [-0.39, 0.29) is 17.1 Å². The topological polar surface area (TPSA) is 69.0 Å². The smallest absolute Gasteiger partial charge is 0.290 e. The van der Waals surface area contributed by atoms with E-state index in [0.717, 1.165) is 28.0 Å². The van der Waals surface area contributed by atoms with Gasteiger partial charge in [-0.05, 0) is 85.0 Å². The van der Waals surface area contributed by atoms with Crippen LogP contribution in [0.2, 0.25) is 0 Å². The molecular weight excluding hydrogens is 502 g/mol. The van der Waals surface area contributed by atoms with Crippen molar-refractivity contribution in [1.29, 1.82) is 0 Å². The number of rotatable bonds is 7. The van der Waals surface area contributed by atoms with Crippen LogP contribution in [0.4, 0.5) is 0 Å². The fourth-order valence-corrected chi connectivity index (χ4v) is 5.51. The lowest BCUT2D eigenvalue weighted by Crippen LogP contribution is -2.31. The Morgan fingerprint density at radius 2 is 1.57 bits per heavy atom. The number of hydrogen-bond donors (Lipinski definition) is 0. The molecule has 6 nitrogen and oxygen atoms in total. The summed E-state index contributed by atoms with van der Waals surface area (Å²) < 4.78 is 17.6. The van der Waals surface area contributed by atoms with Gasteiger partial charge in [-0.2, -0.15) is 0 Å². The molecule has 2 heterocycles. The number of hydrogen-bond acceptors (Lipinski definition) is 5. The number of aryl methyl sites for hydroxylation is 2. The van der Waals surface area contributed by atoms with E-state index in [4.69, 9.17) is 13.9 Å². The van der Waals surface area contributed by atoms with Gasteiger partial charge in [0, 0.05) is 6.54 Å². The zero-order valence-electron chi connectivity index (χ0n) is 22.6. The molecule has 1 aliphatic rings. The second-order valence-electron chi connectivity index (χ2n) is 10.1. The van der Waals surface area contributed by atoms with Crippen LogP contribution >= 0.6 is 0 Å². The highest BCUT2D eigenvalue weighted by Gasteiger charge is 2.42. The summed E-state index contributed by atoms with van der Waals surface area (Å²) in [5.41, 5.74) is 4.27. The van der Waals surface area contributed by atoms with Crippen LogP contribution in [0.5, 0.6) is 17.2 Å². The lowest BCUT2D eigenvalue weighted by Gasteiger charge is -2.25. The number of ether oxygens (including phenoxy) is 2. The molecule has 200 valence electrons. The van der Waals surface area contributed by atoms with Crippen LogP contribution in [-0.2, 0) is 6.42 Å². The highest BCUT2D eigenvalue weighted by molar-refractivity contribution is 5.99. The van der Waals surface area contributed by atoms with Crippen molar-refractivity contribution in [1.82, 2.24) is 4.90 Å². The summed E-state index contributed by atoms with van der Waals surface area (Å²) in [7, 11) is 1.63. The number of carbonyl (C=O) groups excluding carboxylic acids is 1. The Balaban J connectivity index is 1.45. The second kappa shape index (κ2) is 10.4. The van der Waals surface area contributed by atoms with E-state index in [1.165, 1.54) is 0 Å². The van der Waals surface area contributed by atoms with Crippen molar-refractivity contribution in [3.63, 3.8) is 0 Å². The molecule has 5 aromatic rings. The zero-order valence-corrected chi connectivity index (χ0v) is 22.6. The molecule has 0 saturated carbocycles. The number of benzene rings is 4. The Labute approximate surface area is 232 Å². The first-order valence-corrected chi connectivity index (χ1v) is 13.3. The van der Waals surface area contributed by atoms with Crippen LogP contribution in [0.15, 0.2) is 100 Å². The minimum absolute atomic E-state index is 0.108. The minimum atomic E-state index is -0.610. The van der Waals surface area contributed by atoms with Crippen LogP contribution in [0.25, 0.3) is 11.0 Å². The molecule has 1 aromatic heterocycles. The Morgan fingerprint density at radius 3 is 2.33 bits per heavy atom. The average molecular weight is 532 g/mol. The third kappa shape index (κ3) is 4.62. The van der Waals surface area contributed by atoms with Crippen molar-refractivity contribution in [3.8, 4) is 17.2 Å². The van der Waals surface area contributed by atoms with Crippen molar-refractivity contribution in [3.05, 3.63) is 135 Å². The molecule has 0 radical (unpaired) electrons. The van der Waals surface area contributed by atoms with Gasteiger partial charge >= 0.3 is 0 Å². The van der Waals surface area contributed by atoms with Crippen molar-refractivity contribution in [2.24, 2.45) is 0 Å². The van der Waals surface area contributed by atoms with Crippen LogP contribution in [0, 0.1) is 13.8 Å². The first-order chi connectivity index (χ1) is 19.4. The van der Waals surface area contributed by atoms with Crippen molar-refractivity contribution >= 4 is 16.9 Å². The van der Waals surface area contributed by atoms with E-state index in [1.807, 2.05) is 105 Å². The first kappa shape index (κ1) is 25.4. The number of carbonyl (C=O) groups is 1. The van der Waals surface area contributed by atoms with Crippen LogP contribution in [-0.4, -0.2) is 24.5 Å². The molecular formula is C34H29NO5. The van der Waals surface area contributed by atoms with E-state index >= 15 is 0 Å². The minimum Gasteiger partial charge on any atom is -0.497 e. The summed E-state index contributed by atoms with van der Waals surface area (Å²) >= 11 is 0. The number of fused-ring (bicyclic) bond motifs is 2. The third-order valence-electron chi connectivity index (χ3n) is 7.37. The molecule has 0 bridgehead atoms. The van der Waals surface area contributed by atoms with Gasteiger partial charge in [0.25, 0.3) is 5.91 Å². The normalized spacial score (nSPS) is 14.4. The third-order valence-corrected chi connectivity index (χ3v) is 7.37. The molecule has 40 heavy (non-hydrogen) atoms. The molecule has 0 aliphatic carbocycles. The summed E-state index contributed by atoms with van der Waals surface area (Å²) in [6.45, 7) is 4.25. The molecule has 0 fully saturated rings. The Morgan fingerprint density at radius 1 is 0.825 bits per heavy atom. The standard InChI is InChI=1S/C34H29NO5/c1-21-18-22(2)29-28(19-21)40-33-30(32(29)36)31(24-8-7-11-27(20-24)39-26-9-5-4-6-10-26)35(34(33)37)17-16-23-12-14-25(38-3)15-13-23/h4-15,18-20,31H,16-17H2,1-3H3. The van der Waals surface area contributed by atoms with Crippen molar-refractivity contribution < 1.29 is 18.7 Å². The van der Waals surface area contributed by atoms with Crippen LogP contribution in [0.1, 0.15) is 44.4 Å². The van der Waals surface area contributed by atoms with E-state index < -0.39 is 6.04 Å². The highest BCUT2D eigenvalue weighted by Crippen LogP contribution is 2.40. The molecule has 0 N–H and O–H groups in total. The predicted octanol–water partition coefficient (Wildman–Crippen LogP) is 7.00. The average Bonchev–Trinajstić information content (AvgIpc) is 3.24. The van der Waals surface area contributed by atoms with Gasteiger partial charge in [-0.1, -0.05) is 48.5 Å². The molecule has 1 atom stereocenters. The SMILES string of the molecule is COc1ccc(CCN2C(=O)c3oc4cc(C)cc(C)c4c(=O)c3C2c2cccc(Oc3ccccc3)c2)cc1. The fraction of sp³-hybridized carbons (Fsp3) is 0.176. The van der Waals surface area contributed by atoms with E-state index in [0.29, 0.717) is 41.0 Å². The largest absolute Gasteiger partial charge is 0.497 e. The number of methoxy groups -OCH3 is 1. The fourth-order valence-electron chi connectivity index (χ4n) is 5.51. The molecule has 6 rings (SSSR count). The maximum absolute atomic E-state index is 14.1. The van der Waals surface area contributed by atoms with Gasteiger partial charge in [0.05, 0.1) is 24.1 Å². The molecule has 1 unspecified atom stereocenters. The summed E-state index contributed by atoms with van der Waals surface area (Å²) in [6.07, 6.45) is 0.603. The monoisotopic (exact) mass is 531 g/mol. The Hall–Kier alpha value is -4.84. The van der Waals surface area contributed by atoms with Gasteiger partial charge in [0.1, 0.15) is 22.8 Å². The summed E-state index contributed by atoms with van der Waals surface area (Å²) in [4.78, 5) is 29.7. The Bertz CT molecular complexity index is 1770. The molecule has 6 heteroatoms. The number of amides is 1. The van der Waals surface area contributed by atoms with E-state index in [2.05, 4.69) is 0 Å². The van der Waals surface area contributed by atoms with E-state index in [9.17, 15) is 9.59 Å². The maximum atomic E-state index is 14.1. The van der Waals surface area contributed by atoms with Gasteiger partial charge in [-0.3, -0.25) is 9.59 Å². The van der Waals surface area contributed by atoms with E-state index in [1.54, 1.807) is 12.0 Å². The number of nitrogens with zero attached hydrogens (tertiary/aromatic N) is 1. The van der Waals surface area contributed by atoms with Crippen LogP contribution < -0.4 is 14.9 Å².